The molecule has 1 aliphatic heterocycles. The van der Waals surface area contributed by atoms with E-state index >= 15 is 0 Å². The lowest BCUT2D eigenvalue weighted by Gasteiger charge is -2.14. The van der Waals surface area contributed by atoms with Gasteiger partial charge in [0.05, 0.1) is 11.8 Å². The molecule has 0 radical (unpaired) electrons. The Bertz CT molecular complexity index is 648. The Kier molecular flexibility index (Phi) is 5.34. The number of anilines is 1. The van der Waals surface area contributed by atoms with Crippen molar-refractivity contribution in [3.05, 3.63) is 12.0 Å². The molecule has 0 unspecified atom stereocenters. The largest absolute Gasteiger partial charge is 0.391 e. The predicted octanol–water partition coefficient (Wildman–Crippen LogP) is 0.913. The topological polar surface area (TPSA) is 104 Å². The number of aromatic amines is 1. The number of aliphatic hydroxyl groups is 1. The number of aromatic nitrogens is 4. The van der Waals surface area contributed by atoms with Crippen molar-refractivity contribution in [2.75, 3.05) is 36.9 Å². The maximum atomic E-state index is 10.2. The average Bonchev–Trinajstić information content (AvgIpc) is 3.10. The van der Waals surface area contributed by atoms with Gasteiger partial charge in [0, 0.05) is 32.0 Å². The van der Waals surface area contributed by atoms with E-state index in [0.717, 1.165) is 43.0 Å². The van der Waals surface area contributed by atoms with Crippen LogP contribution in [0, 0.1) is 5.92 Å². The van der Waals surface area contributed by atoms with Crippen LogP contribution in [0.4, 0.5) is 5.82 Å². The van der Waals surface area contributed by atoms with Crippen LogP contribution in [0.5, 0.6) is 0 Å². The molecule has 1 saturated heterocycles. The first-order chi connectivity index (χ1) is 11.2. The van der Waals surface area contributed by atoms with Gasteiger partial charge in [0.2, 0.25) is 0 Å². The zero-order valence-electron chi connectivity index (χ0n) is 13.4. The van der Waals surface area contributed by atoms with Gasteiger partial charge < -0.3 is 10.8 Å². The highest BCUT2D eigenvalue weighted by molar-refractivity contribution is 7.99. The Labute approximate surface area is 140 Å². The van der Waals surface area contributed by atoms with Gasteiger partial charge in [0.1, 0.15) is 11.8 Å². The first-order valence-electron chi connectivity index (χ1n) is 8.10. The molecule has 7 nitrogen and oxygen atoms in total. The second kappa shape index (κ2) is 7.46. The van der Waals surface area contributed by atoms with E-state index in [9.17, 15) is 5.11 Å². The average molecular weight is 336 g/mol. The van der Waals surface area contributed by atoms with Crippen molar-refractivity contribution in [1.82, 2.24) is 25.1 Å². The first kappa shape index (κ1) is 16.5. The molecule has 8 heteroatoms. The monoisotopic (exact) mass is 336 g/mol. The molecule has 1 aliphatic rings. The number of likely N-dealkylation sites (tertiary alicyclic amines) is 1. The Hall–Kier alpha value is -1.38. The molecule has 1 fully saturated rings. The third-order valence-electron chi connectivity index (χ3n) is 4.28. The summed E-state index contributed by atoms with van der Waals surface area (Å²) in [5.41, 5.74) is 8.22. The van der Waals surface area contributed by atoms with Gasteiger partial charge in [-0.2, -0.15) is 16.9 Å². The number of aliphatic hydroxyl groups excluding tert-OH is 1. The number of nitrogens with two attached hydrogens (primary N) is 1. The van der Waals surface area contributed by atoms with Crippen molar-refractivity contribution in [1.29, 1.82) is 0 Å². The van der Waals surface area contributed by atoms with Crippen LogP contribution >= 0.6 is 11.8 Å². The Balaban J connectivity index is 1.55. The summed E-state index contributed by atoms with van der Waals surface area (Å²) in [6.45, 7) is 4.78. The Morgan fingerprint density at radius 2 is 2.26 bits per heavy atom. The summed E-state index contributed by atoms with van der Waals surface area (Å²) in [6.07, 6.45) is 3.26. The minimum Gasteiger partial charge on any atom is -0.391 e. The summed E-state index contributed by atoms with van der Waals surface area (Å²) >= 11 is 1.94. The second-order valence-corrected chi connectivity index (χ2v) is 7.22. The fraction of sp³-hybridized carbons (Fsp3) is 0.667. The number of hydrogen-bond donors (Lipinski definition) is 3. The lowest BCUT2D eigenvalue weighted by Crippen LogP contribution is -2.24. The summed E-state index contributed by atoms with van der Waals surface area (Å²) in [4.78, 5) is 10.5. The summed E-state index contributed by atoms with van der Waals surface area (Å²) in [7, 11) is 0. The van der Waals surface area contributed by atoms with Gasteiger partial charge in [-0.05, 0) is 17.9 Å². The first-order valence-corrected chi connectivity index (χ1v) is 9.26. The molecule has 0 amide bonds. The van der Waals surface area contributed by atoms with Crippen molar-refractivity contribution < 1.29 is 5.11 Å². The predicted molar refractivity (Wildman–Crippen MR) is 93.4 cm³/mol. The summed E-state index contributed by atoms with van der Waals surface area (Å²) in [5, 5.41) is 17.4. The van der Waals surface area contributed by atoms with Gasteiger partial charge in [-0.25, -0.2) is 9.97 Å². The third-order valence-corrected chi connectivity index (χ3v) is 5.64. The molecule has 2 atom stereocenters. The zero-order chi connectivity index (χ0) is 16.2. The van der Waals surface area contributed by atoms with E-state index in [2.05, 4.69) is 32.0 Å². The lowest BCUT2D eigenvalue weighted by atomic mass is 10.1. The van der Waals surface area contributed by atoms with Crippen LogP contribution in [0.2, 0.25) is 0 Å². The number of nitrogens with zero attached hydrogens (tertiary/aromatic N) is 4. The van der Waals surface area contributed by atoms with Gasteiger partial charge >= 0.3 is 0 Å². The maximum Gasteiger partial charge on any atom is 0.155 e. The standard InChI is InChI=1S/C15H24N6OS/c1-2-5-23-8-10-6-21(7-12(10)22)4-3-11-13-14(20-19-11)15(16)18-9-17-13/h9-10,12,22H,2-8H2,1H3,(H,19,20)(H2,16,17,18)/t10-,12+/m1/s1. The molecule has 0 aromatic carbocycles. The highest BCUT2D eigenvalue weighted by atomic mass is 32.2. The molecule has 0 spiro atoms. The summed E-state index contributed by atoms with van der Waals surface area (Å²) in [6, 6.07) is 0. The molecular weight excluding hydrogens is 312 g/mol. The molecule has 3 rings (SSSR count). The number of fused-ring (bicyclic) bond motifs is 1. The number of hydrogen-bond acceptors (Lipinski definition) is 7. The smallest absolute Gasteiger partial charge is 0.155 e. The van der Waals surface area contributed by atoms with Crippen molar-refractivity contribution in [3.8, 4) is 0 Å². The SMILES string of the molecule is CCCSC[C@H]1CN(CCc2[nH]nc3c(N)ncnc23)C[C@@H]1O. The fourth-order valence-corrected chi connectivity index (χ4v) is 4.10. The highest BCUT2D eigenvalue weighted by Crippen LogP contribution is 2.23. The molecule has 4 N–H and O–H groups in total. The molecule has 0 aliphatic carbocycles. The minimum atomic E-state index is -0.212. The maximum absolute atomic E-state index is 10.2. The van der Waals surface area contributed by atoms with Crippen LogP contribution in [-0.2, 0) is 6.42 Å². The van der Waals surface area contributed by atoms with E-state index in [1.54, 1.807) is 0 Å². The van der Waals surface area contributed by atoms with Crippen molar-refractivity contribution >= 4 is 28.6 Å². The van der Waals surface area contributed by atoms with E-state index in [4.69, 9.17) is 5.73 Å². The quantitative estimate of drug-likeness (QED) is 0.646. The molecular formula is C15H24N6OS. The van der Waals surface area contributed by atoms with Gasteiger partial charge in [0.25, 0.3) is 0 Å². The molecule has 126 valence electrons. The Morgan fingerprint density at radius 3 is 3.09 bits per heavy atom. The zero-order valence-corrected chi connectivity index (χ0v) is 14.2. The van der Waals surface area contributed by atoms with Crippen molar-refractivity contribution in [3.63, 3.8) is 0 Å². The van der Waals surface area contributed by atoms with E-state index in [1.165, 1.54) is 18.5 Å². The molecule has 0 saturated carbocycles. The van der Waals surface area contributed by atoms with E-state index in [-0.39, 0.29) is 6.10 Å². The van der Waals surface area contributed by atoms with Gasteiger partial charge in [-0.15, -0.1) is 0 Å². The van der Waals surface area contributed by atoms with Crippen LogP contribution < -0.4 is 5.73 Å². The van der Waals surface area contributed by atoms with Crippen molar-refractivity contribution in [2.45, 2.75) is 25.9 Å². The fourth-order valence-electron chi connectivity index (χ4n) is 3.01. The van der Waals surface area contributed by atoms with E-state index < -0.39 is 0 Å². The number of rotatable bonds is 7. The number of β-amino-alcohol motifs (C(OH)–C–C–N with tert-alkyl or cyclic N) is 1. The number of thioether (sulfide) groups is 1. The molecule has 3 heterocycles. The summed E-state index contributed by atoms with van der Waals surface area (Å²) < 4.78 is 0. The Morgan fingerprint density at radius 1 is 1.39 bits per heavy atom. The molecule has 2 aromatic rings. The van der Waals surface area contributed by atoms with E-state index in [1.807, 2.05) is 11.8 Å². The van der Waals surface area contributed by atoms with Crippen LogP contribution in [0.25, 0.3) is 11.0 Å². The second-order valence-electron chi connectivity index (χ2n) is 6.07. The lowest BCUT2D eigenvalue weighted by molar-refractivity contribution is 0.150. The van der Waals surface area contributed by atoms with Crippen LogP contribution in [0.15, 0.2) is 6.33 Å². The van der Waals surface area contributed by atoms with Crippen molar-refractivity contribution in [2.24, 2.45) is 5.92 Å². The minimum absolute atomic E-state index is 0.212. The number of nitrogens with one attached hydrogen (secondary N) is 1. The third kappa shape index (κ3) is 3.76. The van der Waals surface area contributed by atoms with Gasteiger partial charge in [-0.1, -0.05) is 6.92 Å². The van der Waals surface area contributed by atoms with Gasteiger partial charge in [0.15, 0.2) is 11.3 Å². The molecule has 23 heavy (non-hydrogen) atoms. The molecule has 0 bridgehead atoms. The van der Waals surface area contributed by atoms with Crippen LogP contribution in [0.1, 0.15) is 19.0 Å². The van der Waals surface area contributed by atoms with E-state index in [0.29, 0.717) is 17.3 Å². The highest BCUT2D eigenvalue weighted by Gasteiger charge is 2.30. The van der Waals surface area contributed by atoms with Crippen LogP contribution in [0.3, 0.4) is 0 Å². The summed E-state index contributed by atoms with van der Waals surface area (Å²) in [5.74, 6) is 3.00. The normalized spacial score (nSPS) is 22.2. The van der Waals surface area contributed by atoms with Gasteiger partial charge in [-0.3, -0.25) is 10.00 Å². The number of H-pyrrole nitrogens is 1. The molecule has 2 aromatic heterocycles. The van der Waals surface area contributed by atoms with Crippen LogP contribution in [-0.4, -0.2) is 67.4 Å². The number of nitrogen functional groups attached to an aromatic ring is 1.